The molecule has 7 heteroatoms. The fraction of sp³-hybridized carbons (Fsp3) is 0.300. The van der Waals surface area contributed by atoms with Crippen LogP contribution in [0, 0.1) is 0 Å². The van der Waals surface area contributed by atoms with E-state index in [4.69, 9.17) is 9.47 Å². The average molecular weight is 498 g/mol. The number of hydrogen-bond donors (Lipinski definition) is 0. The van der Waals surface area contributed by atoms with Crippen LogP contribution in [-0.4, -0.2) is 47.2 Å². The molecule has 0 radical (unpaired) electrons. The first-order valence-electron chi connectivity index (χ1n) is 12.7. The van der Waals surface area contributed by atoms with Crippen LogP contribution < -0.4 is 10.3 Å². The summed E-state index contributed by atoms with van der Waals surface area (Å²) < 4.78 is 12.8. The third kappa shape index (κ3) is 5.57. The van der Waals surface area contributed by atoms with Gasteiger partial charge in [0, 0.05) is 56.8 Å². The van der Waals surface area contributed by atoms with Crippen LogP contribution in [0.2, 0.25) is 0 Å². The van der Waals surface area contributed by atoms with Gasteiger partial charge in [0.25, 0.3) is 5.56 Å². The van der Waals surface area contributed by atoms with Gasteiger partial charge in [0.1, 0.15) is 11.3 Å². The van der Waals surface area contributed by atoms with Crippen molar-refractivity contribution in [3.8, 4) is 5.75 Å². The fourth-order valence-electron chi connectivity index (χ4n) is 5.06. The molecule has 0 aliphatic carbocycles. The van der Waals surface area contributed by atoms with Gasteiger partial charge in [-0.3, -0.25) is 14.7 Å². The van der Waals surface area contributed by atoms with Crippen LogP contribution in [0.25, 0.3) is 10.8 Å². The third-order valence-corrected chi connectivity index (χ3v) is 6.94. The maximum atomic E-state index is 13.1. The van der Waals surface area contributed by atoms with Gasteiger partial charge in [0.2, 0.25) is 0 Å². The Hall–Kier alpha value is -3.97. The smallest absolute Gasteiger partial charge is 0.343 e. The molecule has 37 heavy (non-hydrogen) atoms. The molecule has 1 aliphatic rings. The van der Waals surface area contributed by atoms with E-state index in [1.165, 1.54) is 29.5 Å². The molecule has 0 atom stereocenters. The lowest BCUT2D eigenvalue weighted by molar-refractivity contribution is 0.0593. The summed E-state index contributed by atoms with van der Waals surface area (Å²) in [6.07, 6.45) is 5.67. The lowest BCUT2D eigenvalue weighted by Gasteiger charge is -2.20. The second-order valence-electron chi connectivity index (χ2n) is 9.29. The Morgan fingerprint density at radius 1 is 1.03 bits per heavy atom. The van der Waals surface area contributed by atoms with Gasteiger partial charge in [-0.05, 0) is 40.8 Å². The molecular formula is C30H31N3O4. The van der Waals surface area contributed by atoms with E-state index in [9.17, 15) is 9.59 Å². The number of carbonyl (C=O) groups excluding carboxylic acids is 1. The highest BCUT2D eigenvalue weighted by Crippen LogP contribution is 2.26. The van der Waals surface area contributed by atoms with Crippen LogP contribution in [-0.2, 0) is 30.7 Å². The number of benzene rings is 2. The molecule has 2 aromatic carbocycles. The van der Waals surface area contributed by atoms with Gasteiger partial charge in [-0.25, -0.2) is 4.79 Å². The van der Waals surface area contributed by atoms with Crippen molar-refractivity contribution in [2.24, 2.45) is 0 Å². The lowest BCUT2D eigenvalue weighted by atomic mass is 10.0. The molecule has 0 fully saturated rings. The summed E-state index contributed by atoms with van der Waals surface area (Å²) in [5.74, 6) is -0.176. The van der Waals surface area contributed by atoms with E-state index in [2.05, 4.69) is 46.3 Å². The van der Waals surface area contributed by atoms with E-state index in [0.717, 1.165) is 31.5 Å². The molecular weight excluding hydrogens is 466 g/mol. The highest BCUT2D eigenvalue weighted by molar-refractivity contribution is 5.93. The quantitative estimate of drug-likeness (QED) is 0.268. The van der Waals surface area contributed by atoms with Gasteiger partial charge >= 0.3 is 5.97 Å². The summed E-state index contributed by atoms with van der Waals surface area (Å²) in [5.41, 5.74) is 3.25. The first kappa shape index (κ1) is 24.7. The van der Waals surface area contributed by atoms with Crippen LogP contribution in [0.5, 0.6) is 5.75 Å². The number of esters is 1. The minimum absolute atomic E-state index is 0.156. The predicted molar refractivity (Wildman–Crippen MR) is 143 cm³/mol. The maximum absolute atomic E-state index is 13.1. The third-order valence-electron chi connectivity index (χ3n) is 6.94. The number of aromatic nitrogens is 2. The number of fused-ring (bicyclic) bond motifs is 2. The van der Waals surface area contributed by atoms with Crippen LogP contribution in [0.15, 0.2) is 77.9 Å². The summed E-state index contributed by atoms with van der Waals surface area (Å²) in [7, 11) is 1.36. The van der Waals surface area contributed by atoms with Gasteiger partial charge in [0.05, 0.1) is 13.7 Å². The number of ether oxygens (including phenoxy) is 2. The molecule has 0 amide bonds. The molecule has 3 heterocycles. The zero-order valence-corrected chi connectivity index (χ0v) is 21.1. The molecule has 4 aromatic rings. The summed E-state index contributed by atoms with van der Waals surface area (Å²) in [4.78, 5) is 32.4. The fourth-order valence-corrected chi connectivity index (χ4v) is 5.06. The number of nitrogens with zero attached hydrogens (tertiary/aromatic N) is 3. The number of aryl methyl sites for hydroxylation is 1. The summed E-state index contributed by atoms with van der Waals surface area (Å²) >= 11 is 0. The standard InChI is InChI=1S/C30H31N3O4/c1-36-30(35)29-26-13-15-32(21-24-11-4-10-23-9-2-3-12-25(23)24)16-17-33(26)28(34)19-27(29)37-18-6-8-22-7-5-14-31-20-22/h2-5,7,9-12,14,19-20H,6,8,13,15-18,21H2,1H3. The first-order valence-corrected chi connectivity index (χ1v) is 12.7. The molecule has 7 nitrogen and oxygen atoms in total. The van der Waals surface area contributed by atoms with Crippen molar-refractivity contribution in [2.75, 3.05) is 26.8 Å². The summed E-state index contributed by atoms with van der Waals surface area (Å²) in [6, 6.07) is 20.1. The number of hydrogen-bond acceptors (Lipinski definition) is 6. The minimum Gasteiger partial charge on any atom is -0.492 e. The van der Waals surface area contributed by atoms with E-state index >= 15 is 0 Å². The lowest BCUT2D eigenvalue weighted by Crippen LogP contribution is -2.29. The van der Waals surface area contributed by atoms with E-state index in [0.29, 0.717) is 43.1 Å². The van der Waals surface area contributed by atoms with E-state index in [-0.39, 0.29) is 5.56 Å². The molecule has 1 aliphatic heterocycles. The van der Waals surface area contributed by atoms with Gasteiger partial charge in [-0.15, -0.1) is 0 Å². The van der Waals surface area contributed by atoms with Crippen molar-refractivity contribution < 1.29 is 14.3 Å². The molecule has 5 rings (SSSR count). The molecule has 190 valence electrons. The van der Waals surface area contributed by atoms with Crippen molar-refractivity contribution in [2.45, 2.75) is 32.4 Å². The minimum atomic E-state index is -0.478. The van der Waals surface area contributed by atoms with Gasteiger partial charge in [0.15, 0.2) is 0 Å². The van der Waals surface area contributed by atoms with Crippen molar-refractivity contribution in [1.29, 1.82) is 0 Å². The van der Waals surface area contributed by atoms with E-state index in [1.54, 1.807) is 10.8 Å². The van der Waals surface area contributed by atoms with Crippen LogP contribution in [0.3, 0.4) is 0 Å². The Kier molecular flexibility index (Phi) is 7.61. The molecule has 0 saturated carbocycles. The number of carbonyl (C=O) groups is 1. The molecule has 0 unspecified atom stereocenters. The molecule has 2 aromatic heterocycles. The predicted octanol–water partition coefficient (Wildman–Crippen LogP) is 4.25. The highest BCUT2D eigenvalue weighted by Gasteiger charge is 2.26. The zero-order valence-electron chi connectivity index (χ0n) is 21.1. The first-order chi connectivity index (χ1) is 18.1. The van der Waals surface area contributed by atoms with E-state index in [1.807, 2.05) is 24.4 Å². The zero-order chi connectivity index (χ0) is 25.6. The van der Waals surface area contributed by atoms with Gasteiger partial charge in [-0.1, -0.05) is 48.5 Å². The topological polar surface area (TPSA) is 73.7 Å². The molecule has 0 bridgehead atoms. The Morgan fingerprint density at radius 3 is 2.73 bits per heavy atom. The highest BCUT2D eigenvalue weighted by atomic mass is 16.5. The van der Waals surface area contributed by atoms with Crippen LogP contribution in [0.1, 0.15) is 33.6 Å². The molecule has 0 spiro atoms. The Bertz CT molecular complexity index is 1440. The van der Waals surface area contributed by atoms with Crippen molar-refractivity contribution in [3.63, 3.8) is 0 Å². The van der Waals surface area contributed by atoms with Crippen molar-refractivity contribution in [3.05, 3.63) is 106 Å². The molecule has 0 saturated heterocycles. The second-order valence-corrected chi connectivity index (χ2v) is 9.29. The van der Waals surface area contributed by atoms with Crippen molar-refractivity contribution in [1.82, 2.24) is 14.5 Å². The second kappa shape index (κ2) is 11.4. The Balaban J connectivity index is 1.34. The van der Waals surface area contributed by atoms with Crippen molar-refractivity contribution >= 4 is 16.7 Å². The van der Waals surface area contributed by atoms with Crippen LogP contribution in [0.4, 0.5) is 0 Å². The molecule has 0 N–H and O–H groups in total. The number of rotatable bonds is 8. The monoisotopic (exact) mass is 497 g/mol. The van der Waals surface area contributed by atoms with Gasteiger partial charge in [-0.2, -0.15) is 0 Å². The number of methoxy groups -OCH3 is 1. The summed E-state index contributed by atoms with van der Waals surface area (Å²) in [6.45, 7) is 3.09. The Morgan fingerprint density at radius 2 is 1.89 bits per heavy atom. The summed E-state index contributed by atoms with van der Waals surface area (Å²) in [5, 5.41) is 2.45. The average Bonchev–Trinajstić information content (AvgIpc) is 3.15. The normalized spacial score (nSPS) is 13.6. The van der Waals surface area contributed by atoms with Crippen LogP contribution >= 0.6 is 0 Å². The van der Waals surface area contributed by atoms with E-state index < -0.39 is 5.97 Å². The SMILES string of the molecule is COC(=O)c1c(OCCCc2cccnc2)cc(=O)n2c1CCN(Cc1cccc3ccccc13)CC2. The van der Waals surface area contributed by atoms with Gasteiger partial charge < -0.3 is 14.0 Å². The Labute approximate surface area is 216 Å². The number of pyridine rings is 2. The largest absolute Gasteiger partial charge is 0.492 e. The maximum Gasteiger partial charge on any atom is 0.343 e.